The van der Waals surface area contributed by atoms with Crippen LogP contribution in [-0.4, -0.2) is 10.9 Å². The largest absolute Gasteiger partial charge is 0.399 e. The molecule has 3 N–H and O–H groups in total. The van der Waals surface area contributed by atoms with E-state index < -0.39 is 0 Å². The summed E-state index contributed by atoms with van der Waals surface area (Å²) in [6.07, 6.45) is 0. The highest BCUT2D eigenvalue weighted by Crippen LogP contribution is 2.22. The van der Waals surface area contributed by atoms with Crippen LogP contribution in [0.2, 0.25) is 0 Å². The first-order valence-electron chi connectivity index (χ1n) is 6.10. The van der Waals surface area contributed by atoms with Gasteiger partial charge in [0, 0.05) is 16.6 Å². The summed E-state index contributed by atoms with van der Waals surface area (Å²) in [6.45, 7) is 6.03. The maximum atomic E-state index is 12.2. The van der Waals surface area contributed by atoms with E-state index in [1.807, 2.05) is 18.4 Å². The van der Waals surface area contributed by atoms with Crippen molar-refractivity contribution >= 4 is 40.5 Å². The van der Waals surface area contributed by atoms with Crippen LogP contribution >= 0.6 is 23.7 Å². The zero-order chi connectivity index (χ0) is 14.0. The van der Waals surface area contributed by atoms with Gasteiger partial charge >= 0.3 is 0 Å². The second kappa shape index (κ2) is 6.72. The Hall–Kier alpha value is -1.59. The normalized spacial score (nSPS) is 10.2. The molecule has 1 heterocycles. The summed E-state index contributed by atoms with van der Waals surface area (Å²) < 4.78 is 0. The van der Waals surface area contributed by atoms with Gasteiger partial charge in [-0.15, -0.1) is 23.7 Å². The van der Waals surface area contributed by atoms with Crippen molar-refractivity contribution in [2.75, 3.05) is 11.1 Å². The number of hydrogen-bond donors (Lipinski definition) is 2. The first kappa shape index (κ1) is 16.5. The number of nitrogens with zero attached hydrogens (tertiary/aromatic N) is 1. The lowest BCUT2D eigenvalue weighted by atomic mass is 10.1. The van der Waals surface area contributed by atoms with Crippen molar-refractivity contribution in [2.45, 2.75) is 26.7 Å². The molecule has 108 valence electrons. The number of anilines is 2. The number of aryl methyl sites for hydroxylation is 1. The second-order valence-corrected chi connectivity index (χ2v) is 5.62. The van der Waals surface area contributed by atoms with Crippen molar-refractivity contribution in [1.29, 1.82) is 0 Å². The molecular weight excluding hydrogens is 294 g/mol. The van der Waals surface area contributed by atoms with E-state index in [4.69, 9.17) is 5.73 Å². The SMILES string of the molecule is Cc1ccc(N)cc1C(=O)Nc1nc(C(C)C)cs1.Cl. The number of hydrogen-bond acceptors (Lipinski definition) is 4. The van der Waals surface area contributed by atoms with Crippen LogP contribution in [0.3, 0.4) is 0 Å². The number of rotatable bonds is 3. The summed E-state index contributed by atoms with van der Waals surface area (Å²) in [6, 6.07) is 5.31. The fourth-order valence-corrected chi connectivity index (χ4v) is 2.52. The molecule has 0 aliphatic heterocycles. The number of carbonyl (C=O) groups excluding carboxylic acids is 1. The van der Waals surface area contributed by atoms with E-state index in [2.05, 4.69) is 24.1 Å². The Kier molecular flexibility index (Phi) is 5.53. The number of nitrogens with one attached hydrogen (secondary N) is 1. The Labute approximate surface area is 128 Å². The molecule has 1 aromatic heterocycles. The van der Waals surface area contributed by atoms with Crippen molar-refractivity contribution in [3.8, 4) is 0 Å². The third-order valence-corrected chi connectivity index (χ3v) is 3.62. The van der Waals surface area contributed by atoms with Crippen molar-refractivity contribution < 1.29 is 4.79 Å². The first-order chi connectivity index (χ1) is 8.97. The van der Waals surface area contributed by atoms with E-state index >= 15 is 0 Å². The van der Waals surface area contributed by atoms with Crippen LogP contribution < -0.4 is 11.1 Å². The molecular formula is C14H18ClN3OS. The summed E-state index contributed by atoms with van der Waals surface area (Å²) in [7, 11) is 0. The van der Waals surface area contributed by atoms with Crippen LogP contribution in [0.5, 0.6) is 0 Å². The molecule has 0 bridgehead atoms. The van der Waals surface area contributed by atoms with E-state index in [1.165, 1.54) is 11.3 Å². The molecule has 2 aromatic rings. The van der Waals surface area contributed by atoms with E-state index in [-0.39, 0.29) is 18.3 Å². The molecule has 0 unspecified atom stereocenters. The number of amides is 1. The number of aromatic nitrogens is 1. The van der Waals surface area contributed by atoms with Gasteiger partial charge in [0.05, 0.1) is 5.69 Å². The molecule has 0 aliphatic carbocycles. The second-order valence-electron chi connectivity index (χ2n) is 4.76. The Morgan fingerprint density at radius 1 is 1.40 bits per heavy atom. The van der Waals surface area contributed by atoms with Gasteiger partial charge in [0.25, 0.3) is 5.91 Å². The Bertz CT molecular complexity index is 610. The first-order valence-corrected chi connectivity index (χ1v) is 6.98. The van der Waals surface area contributed by atoms with Crippen molar-refractivity contribution in [1.82, 2.24) is 4.98 Å². The van der Waals surface area contributed by atoms with Crippen molar-refractivity contribution in [3.05, 3.63) is 40.4 Å². The Balaban J connectivity index is 0.00000200. The number of nitrogens with two attached hydrogens (primary N) is 1. The van der Waals surface area contributed by atoms with Gasteiger partial charge in [-0.3, -0.25) is 10.1 Å². The van der Waals surface area contributed by atoms with E-state index in [1.54, 1.807) is 12.1 Å². The molecule has 1 amide bonds. The van der Waals surface area contributed by atoms with Crippen LogP contribution in [0.4, 0.5) is 10.8 Å². The van der Waals surface area contributed by atoms with Gasteiger partial charge in [0.1, 0.15) is 0 Å². The lowest BCUT2D eigenvalue weighted by Crippen LogP contribution is -2.13. The fraction of sp³-hybridized carbons (Fsp3) is 0.286. The summed E-state index contributed by atoms with van der Waals surface area (Å²) in [5, 5.41) is 5.40. The predicted octanol–water partition coefficient (Wildman–Crippen LogP) is 3.83. The third kappa shape index (κ3) is 3.71. The molecule has 0 saturated carbocycles. The van der Waals surface area contributed by atoms with E-state index in [0.717, 1.165) is 11.3 Å². The monoisotopic (exact) mass is 311 g/mol. The molecule has 20 heavy (non-hydrogen) atoms. The van der Waals surface area contributed by atoms with E-state index in [9.17, 15) is 4.79 Å². The predicted molar refractivity (Wildman–Crippen MR) is 87.0 cm³/mol. The minimum Gasteiger partial charge on any atom is -0.399 e. The van der Waals surface area contributed by atoms with Crippen LogP contribution in [0.25, 0.3) is 0 Å². The van der Waals surface area contributed by atoms with Crippen molar-refractivity contribution in [3.63, 3.8) is 0 Å². The molecule has 1 aromatic carbocycles. The maximum Gasteiger partial charge on any atom is 0.257 e. The topological polar surface area (TPSA) is 68.0 Å². The number of nitrogen functional groups attached to an aromatic ring is 1. The number of halogens is 1. The lowest BCUT2D eigenvalue weighted by Gasteiger charge is -2.06. The summed E-state index contributed by atoms with van der Waals surface area (Å²) in [5.74, 6) is 0.186. The minimum absolute atomic E-state index is 0. The number of benzene rings is 1. The van der Waals surface area contributed by atoms with Crippen LogP contribution in [0.15, 0.2) is 23.6 Å². The average Bonchev–Trinajstić information content (AvgIpc) is 2.80. The average molecular weight is 312 g/mol. The minimum atomic E-state index is -0.172. The third-order valence-electron chi connectivity index (χ3n) is 2.84. The number of thiazole rings is 1. The summed E-state index contributed by atoms with van der Waals surface area (Å²) in [4.78, 5) is 16.5. The smallest absolute Gasteiger partial charge is 0.257 e. The van der Waals surface area contributed by atoms with E-state index in [0.29, 0.717) is 22.3 Å². The van der Waals surface area contributed by atoms with Crippen LogP contribution in [-0.2, 0) is 0 Å². The van der Waals surface area contributed by atoms with Gasteiger partial charge in [0.15, 0.2) is 5.13 Å². The van der Waals surface area contributed by atoms with Gasteiger partial charge in [-0.1, -0.05) is 19.9 Å². The molecule has 2 rings (SSSR count). The van der Waals surface area contributed by atoms with Gasteiger partial charge in [-0.05, 0) is 30.5 Å². The van der Waals surface area contributed by atoms with Gasteiger partial charge in [-0.25, -0.2) is 4.98 Å². The van der Waals surface area contributed by atoms with Gasteiger partial charge in [0.2, 0.25) is 0 Å². The van der Waals surface area contributed by atoms with Crippen molar-refractivity contribution in [2.24, 2.45) is 0 Å². The fourth-order valence-electron chi connectivity index (χ4n) is 1.66. The number of carbonyl (C=O) groups is 1. The zero-order valence-electron chi connectivity index (χ0n) is 11.6. The molecule has 0 spiro atoms. The zero-order valence-corrected chi connectivity index (χ0v) is 13.3. The van der Waals surface area contributed by atoms with Gasteiger partial charge < -0.3 is 5.73 Å². The summed E-state index contributed by atoms with van der Waals surface area (Å²) in [5.41, 5.74) is 8.76. The van der Waals surface area contributed by atoms with Crippen LogP contribution in [0, 0.1) is 6.92 Å². The highest BCUT2D eigenvalue weighted by atomic mass is 35.5. The quantitative estimate of drug-likeness (QED) is 0.846. The molecule has 0 saturated heterocycles. The van der Waals surface area contributed by atoms with Gasteiger partial charge in [-0.2, -0.15) is 0 Å². The summed E-state index contributed by atoms with van der Waals surface area (Å²) >= 11 is 1.44. The highest BCUT2D eigenvalue weighted by Gasteiger charge is 2.12. The molecule has 0 atom stereocenters. The highest BCUT2D eigenvalue weighted by molar-refractivity contribution is 7.14. The molecule has 0 fully saturated rings. The van der Waals surface area contributed by atoms with Crippen LogP contribution in [0.1, 0.15) is 41.4 Å². The lowest BCUT2D eigenvalue weighted by molar-refractivity contribution is 0.102. The molecule has 0 aliphatic rings. The molecule has 6 heteroatoms. The maximum absolute atomic E-state index is 12.2. The molecule has 0 radical (unpaired) electrons. The Morgan fingerprint density at radius 3 is 2.70 bits per heavy atom. The Morgan fingerprint density at radius 2 is 2.10 bits per heavy atom. The standard InChI is InChI=1S/C14H17N3OS.ClH/c1-8(2)12-7-19-14(16-12)17-13(18)11-6-10(15)5-4-9(11)3;/h4-8H,15H2,1-3H3,(H,16,17,18);1H. The molecule has 4 nitrogen and oxygen atoms in total.